The number of carbonyl (C=O) groups is 1. The number of hydrogen-bond acceptors (Lipinski definition) is 6. The highest BCUT2D eigenvalue weighted by atomic mass is 16.7. The summed E-state index contributed by atoms with van der Waals surface area (Å²) in [4.78, 5) is 21.7. The zero-order chi connectivity index (χ0) is 15.2. The summed E-state index contributed by atoms with van der Waals surface area (Å²) < 4.78 is 11.1. The predicted molar refractivity (Wildman–Crippen MR) is 75.3 cm³/mol. The van der Waals surface area contributed by atoms with E-state index in [0.29, 0.717) is 18.7 Å². The number of hydrogen-bond donors (Lipinski definition) is 1. The maximum atomic E-state index is 12.3. The average molecular weight is 295 g/mol. The van der Waals surface area contributed by atoms with Crippen LogP contribution in [0.25, 0.3) is 0 Å². The monoisotopic (exact) mass is 295 g/mol. The molecule has 0 bridgehead atoms. The Hall–Kier alpha value is -1.54. The van der Waals surface area contributed by atoms with Crippen LogP contribution in [0.2, 0.25) is 0 Å². The van der Waals surface area contributed by atoms with E-state index in [1.54, 1.807) is 19.3 Å². The molecule has 2 unspecified atom stereocenters. The highest BCUT2D eigenvalue weighted by Gasteiger charge is 2.30. The number of aromatic nitrogens is 1. The summed E-state index contributed by atoms with van der Waals surface area (Å²) in [6.07, 6.45) is 0.728. The molecule has 2 heterocycles. The molecule has 0 spiro atoms. The summed E-state index contributed by atoms with van der Waals surface area (Å²) in [5.74, 6) is -0.294. The number of pyridine rings is 1. The van der Waals surface area contributed by atoms with Crippen LogP contribution < -0.4 is 5.32 Å². The molecule has 2 atom stereocenters. The number of hydroxylamine groups is 2. The van der Waals surface area contributed by atoms with Crippen molar-refractivity contribution >= 4 is 5.91 Å². The summed E-state index contributed by atoms with van der Waals surface area (Å²) in [6, 6.07) is 3.61. The number of carbonyl (C=O) groups excluding carboxylic acids is 1. The predicted octanol–water partition coefficient (Wildman–Crippen LogP) is 0.450. The van der Waals surface area contributed by atoms with E-state index in [1.165, 1.54) is 14.2 Å². The topological polar surface area (TPSA) is 72.9 Å². The van der Waals surface area contributed by atoms with Crippen LogP contribution in [-0.2, 0) is 19.1 Å². The van der Waals surface area contributed by atoms with E-state index in [2.05, 4.69) is 10.3 Å². The van der Waals surface area contributed by atoms with Crippen LogP contribution in [0.15, 0.2) is 18.3 Å². The second-order valence-corrected chi connectivity index (χ2v) is 4.68. The Balaban J connectivity index is 2.30. The van der Waals surface area contributed by atoms with E-state index in [0.717, 1.165) is 17.3 Å². The minimum Gasteiger partial charge on any atom is -0.369 e. The van der Waals surface area contributed by atoms with Gasteiger partial charge < -0.3 is 14.8 Å². The van der Waals surface area contributed by atoms with Crippen molar-refractivity contribution in [2.24, 2.45) is 0 Å². The molecule has 1 aromatic rings. The highest BCUT2D eigenvalue weighted by molar-refractivity contribution is 5.81. The number of amides is 1. The van der Waals surface area contributed by atoms with Crippen molar-refractivity contribution in [3.63, 3.8) is 0 Å². The largest absolute Gasteiger partial charge is 0.369 e. The van der Waals surface area contributed by atoms with Gasteiger partial charge in [0.15, 0.2) is 6.10 Å². The van der Waals surface area contributed by atoms with Crippen molar-refractivity contribution in [2.75, 3.05) is 41.0 Å². The minimum absolute atomic E-state index is 0.187. The lowest BCUT2D eigenvalue weighted by Crippen LogP contribution is -2.36. The van der Waals surface area contributed by atoms with Crippen LogP contribution in [0.4, 0.5) is 0 Å². The van der Waals surface area contributed by atoms with Crippen LogP contribution >= 0.6 is 0 Å². The first kappa shape index (κ1) is 15.8. The van der Waals surface area contributed by atoms with E-state index in [9.17, 15) is 4.79 Å². The SMILES string of the molecule is COC(C(=O)N(C)OC)c1cccnc1C1CNCCO1. The fourth-order valence-electron chi connectivity index (χ4n) is 2.28. The Morgan fingerprint density at radius 3 is 3.00 bits per heavy atom. The average Bonchev–Trinajstić information content (AvgIpc) is 2.56. The molecule has 1 aliphatic heterocycles. The van der Waals surface area contributed by atoms with Gasteiger partial charge in [-0.1, -0.05) is 6.07 Å². The normalized spacial score (nSPS) is 20.0. The molecule has 116 valence electrons. The lowest BCUT2D eigenvalue weighted by Gasteiger charge is -2.27. The van der Waals surface area contributed by atoms with Gasteiger partial charge in [-0.05, 0) is 6.07 Å². The number of methoxy groups -OCH3 is 1. The lowest BCUT2D eigenvalue weighted by molar-refractivity contribution is -0.180. The molecular weight excluding hydrogens is 274 g/mol. The van der Waals surface area contributed by atoms with Crippen molar-refractivity contribution in [1.82, 2.24) is 15.4 Å². The fourth-order valence-corrected chi connectivity index (χ4v) is 2.28. The molecule has 0 aliphatic carbocycles. The van der Waals surface area contributed by atoms with Crippen LogP contribution in [-0.4, -0.2) is 56.9 Å². The molecule has 1 N–H and O–H groups in total. The van der Waals surface area contributed by atoms with Crippen molar-refractivity contribution < 1.29 is 19.1 Å². The molecule has 21 heavy (non-hydrogen) atoms. The Bertz CT molecular complexity index is 477. The van der Waals surface area contributed by atoms with Gasteiger partial charge >= 0.3 is 0 Å². The van der Waals surface area contributed by atoms with Gasteiger partial charge in [0.2, 0.25) is 0 Å². The molecule has 2 rings (SSSR count). The van der Waals surface area contributed by atoms with Gasteiger partial charge in [-0.15, -0.1) is 0 Å². The third-order valence-corrected chi connectivity index (χ3v) is 3.43. The second-order valence-electron chi connectivity index (χ2n) is 4.68. The lowest BCUT2D eigenvalue weighted by atomic mass is 10.0. The summed E-state index contributed by atoms with van der Waals surface area (Å²) in [6.45, 7) is 2.09. The smallest absolute Gasteiger partial charge is 0.279 e. The van der Waals surface area contributed by atoms with E-state index >= 15 is 0 Å². The molecule has 1 aromatic heterocycles. The Labute approximate surface area is 124 Å². The number of likely N-dealkylation sites (N-methyl/N-ethyl adjacent to an activating group) is 1. The third-order valence-electron chi connectivity index (χ3n) is 3.43. The first-order chi connectivity index (χ1) is 10.2. The first-order valence-electron chi connectivity index (χ1n) is 6.80. The first-order valence-corrected chi connectivity index (χ1v) is 6.80. The molecule has 0 radical (unpaired) electrons. The van der Waals surface area contributed by atoms with Crippen molar-refractivity contribution in [1.29, 1.82) is 0 Å². The fraction of sp³-hybridized carbons (Fsp3) is 0.571. The van der Waals surface area contributed by atoms with Crippen molar-refractivity contribution in [3.8, 4) is 0 Å². The molecule has 1 fully saturated rings. The zero-order valence-electron chi connectivity index (χ0n) is 12.5. The molecule has 0 saturated carbocycles. The van der Waals surface area contributed by atoms with Gasteiger partial charge in [0, 0.05) is 39.0 Å². The number of rotatable bonds is 5. The standard InChI is InChI=1S/C14H21N3O4/c1-17(20-3)14(18)13(19-2)10-5-4-6-16-12(10)11-9-15-7-8-21-11/h4-6,11,13,15H,7-9H2,1-3H3. The van der Waals surface area contributed by atoms with Gasteiger partial charge in [-0.3, -0.25) is 14.6 Å². The quantitative estimate of drug-likeness (QED) is 0.795. The summed E-state index contributed by atoms with van der Waals surface area (Å²) >= 11 is 0. The number of ether oxygens (including phenoxy) is 2. The molecule has 0 aromatic carbocycles. The maximum absolute atomic E-state index is 12.3. The van der Waals surface area contributed by atoms with Crippen LogP contribution in [0, 0.1) is 0 Å². The Morgan fingerprint density at radius 1 is 1.57 bits per heavy atom. The minimum atomic E-state index is -0.774. The Kier molecular flexibility index (Phi) is 5.63. The van der Waals surface area contributed by atoms with Crippen molar-refractivity contribution in [2.45, 2.75) is 12.2 Å². The van der Waals surface area contributed by atoms with Gasteiger partial charge in [0.25, 0.3) is 5.91 Å². The van der Waals surface area contributed by atoms with Crippen LogP contribution in [0.1, 0.15) is 23.5 Å². The van der Waals surface area contributed by atoms with Gasteiger partial charge in [-0.25, -0.2) is 5.06 Å². The van der Waals surface area contributed by atoms with Gasteiger partial charge in [0.05, 0.1) is 19.4 Å². The third kappa shape index (κ3) is 3.56. The summed E-state index contributed by atoms with van der Waals surface area (Å²) in [5.41, 5.74) is 1.41. The zero-order valence-corrected chi connectivity index (χ0v) is 12.5. The van der Waals surface area contributed by atoms with Gasteiger partial charge in [0.1, 0.15) is 6.10 Å². The van der Waals surface area contributed by atoms with Crippen LogP contribution in [0.5, 0.6) is 0 Å². The summed E-state index contributed by atoms with van der Waals surface area (Å²) in [7, 11) is 4.47. The number of nitrogens with zero attached hydrogens (tertiary/aromatic N) is 2. The van der Waals surface area contributed by atoms with Crippen molar-refractivity contribution in [3.05, 3.63) is 29.6 Å². The Morgan fingerprint density at radius 2 is 2.38 bits per heavy atom. The van der Waals surface area contributed by atoms with E-state index < -0.39 is 6.10 Å². The number of morpholine rings is 1. The molecule has 7 nitrogen and oxygen atoms in total. The molecule has 1 amide bonds. The van der Waals surface area contributed by atoms with E-state index in [-0.39, 0.29) is 12.0 Å². The van der Waals surface area contributed by atoms with E-state index in [1.807, 2.05) is 6.07 Å². The molecule has 1 aliphatic rings. The highest BCUT2D eigenvalue weighted by Crippen LogP contribution is 2.28. The number of nitrogens with one attached hydrogen (secondary N) is 1. The maximum Gasteiger partial charge on any atom is 0.279 e. The van der Waals surface area contributed by atoms with E-state index in [4.69, 9.17) is 14.3 Å². The second kappa shape index (κ2) is 7.46. The molecular formula is C14H21N3O4. The summed E-state index contributed by atoms with van der Waals surface area (Å²) in [5, 5.41) is 4.40. The molecule has 1 saturated heterocycles. The van der Waals surface area contributed by atoms with Crippen LogP contribution in [0.3, 0.4) is 0 Å². The van der Waals surface area contributed by atoms with Gasteiger partial charge in [-0.2, -0.15) is 0 Å². The molecule has 7 heteroatoms.